The molecule has 3 rings (SSSR count). The molecule has 0 spiro atoms. The zero-order chi connectivity index (χ0) is 23.1. The molecule has 3 aromatic rings. The first-order valence-electron chi connectivity index (χ1n) is 9.86. The number of benzene rings is 1. The molecule has 0 radical (unpaired) electrons. The van der Waals surface area contributed by atoms with Crippen LogP contribution in [-0.4, -0.2) is 46.1 Å². The van der Waals surface area contributed by atoms with Gasteiger partial charge in [-0.3, -0.25) is 9.36 Å². The van der Waals surface area contributed by atoms with Gasteiger partial charge >= 0.3 is 5.97 Å². The normalized spacial score (nSPS) is 10.6. The number of nitrogens with one attached hydrogen (secondary N) is 1. The number of hydrogen-bond acceptors (Lipinski definition) is 8. The fraction of sp³-hybridized carbons (Fsp3) is 0.273. The van der Waals surface area contributed by atoms with Crippen molar-refractivity contribution in [2.75, 3.05) is 24.8 Å². The van der Waals surface area contributed by atoms with Gasteiger partial charge in [0.25, 0.3) is 0 Å². The van der Waals surface area contributed by atoms with Gasteiger partial charge in [0, 0.05) is 6.54 Å². The number of thioether (sulfide) groups is 1. The standard InChI is InChI=1S/C22H24N4O4S2/c1-5-11-26-20(15-9-7-8-10-16(15)29-4)24-25-22(26)31-13-17(27)23-18-12-14(3)19(32-18)21(28)30-6-2/h5,7-10,12H,1,6,11,13H2,2-4H3,(H,23,27). The van der Waals surface area contributed by atoms with Crippen molar-refractivity contribution < 1.29 is 19.1 Å². The van der Waals surface area contributed by atoms with Crippen LogP contribution in [0, 0.1) is 6.92 Å². The van der Waals surface area contributed by atoms with E-state index in [-0.39, 0.29) is 17.6 Å². The molecule has 2 aromatic heterocycles. The van der Waals surface area contributed by atoms with Gasteiger partial charge in [0.15, 0.2) is 11.0 Å². The minimum Gasteiger partial charge on any atom is -0.496 e. The fourth-order valence-electron chi connectivity index (χ4n) is 2.96. The van der Waals surface area contributed by atoms with E-state index in [4.69, 9.17) is 9.47 Å². The molecule has 0 aliphatic carbocycles. The van der Waals surface area contributed by atoms with E-state index >= 15 is 0 Å². The van der Waals surface area contributed by atoms with Crippen LogP contribution in [0.1, 0.15) is 22.2 Å². The van der Waals surface area contributed by atoms with Gasteiger partial charge in [-0.05, 0) is 37.6 Å². The number of amides is 1. The van der Waals surface area contributed by atoms with Crippen molar-refractivity contribution in [2.24, 2.45) is 0 Å². The number of aryl methyl sites for hydroxylation is 1. The van der Waals surface area contributed by atoms with E-state index in [9.17, 15) is 9.59 Å². The minimum absolute atomic E-state index is 0.132. The Bertz CT molecular complexity index is 1120. The second-order valence-electron chi connectivity index (χ2n) is 6.59. The SMILES string of the molecule is C=CCn1c(SCC(=O)Nc2cc(C)c(C(=O)OCC)s2)nnc1-c1ccccc1OC. The zero-order valence-electron chi connectivity index (χ0n) is 18.1. The summed E-state index contributed by atoms with van der Waals surface area (Å²) < 4.78 is 12.4. The monoisotopic (exact) mass is 472 g/mol. The summed E-state index contributed by atoms with van der Waals surface area (Å²) in [5.74, 6) is 0.862. The molecule has 0 atom stereocenters. The lowest BCUT2D eigenvalue weighted by Gasteiger charge is -2.10. The number of nitrogens with zero attached hydrogens (tertiary/aromatic N) is 3. The number of rotatable bonds is 10. The molecule has 1 amide bonds. The molecule has 1 aromatic carbocycles. The summed E-state index contributed by atoms with van der Waals surface area (Å²) in [7, 11) is 1.60. The van der Waals surface area contributed by atoms with Gasteiger partial charge in [0.1, 0.15) is 10.6 Å². The number of aromatic nitrogens is 3. The molecule has 0 fully saturated rings. The third-order valence-corrected chi connectivity index (χ3v) is 6.45. The van der Waals surface area contributed by atoms with Crippen LogP contribution >= 0.6 is 23.1 Å². The number of anilines is 1. The summed E-state index contributed by atoms with van der Waals surface area (Å²) in [6.45, 7) is 8.16. The van der Waals surface area contributed by atoms with E-state index in [2.05, 4.69) is 22.1 Å². The average Bonchev–Trinajstić information content (AvgIpc) is 3.35. The second-order valence-corrected chi connectivity index (χ2v) is 8.58. The topological polar surface area (TPSA) is 95.3 Å². The van der Waals surface area contributed by atoms with E-state index < -0.39 is 0 Å². The van der Waals surface area contributed by atoms with Crippen LogP contribution in [0.4, 0.5) is 5.00 Å². The summed E-state index contributed by atoms with van der Waals surface area (Å²) in [5, 5.41) is 12.6. The molecule has 0 saturated heterocycles. The Balaban J connectivity index is 1.71. The van der Waals surface area contributed by atoms with E-state index in [1.165, 1.54) is 23.1 Å². The van der Waals surface area contributed by atoms with Crippen molar-refractivity contribution in [3.05, 3.63) is 53.4 Å². The van der Waals surface area contributed by atoms with Crippen LogP contribution in [0.15, 0.2) is 48.1 Å². The molecule has 10 heteroatoms. The predicted molar refractivity (Wildman–Crippen MR) is 127 cm³/mol. The highest BCUT2D eigenvalue weighted by molar-refractivity contribution is 7.99. The third-order valence-electron chi connectivity index (χ3n) is 4.35. The van der Waals surface area contributed by atoms with Crippen LogP contribution in [0.2, 0.25) is 0 Å². The summed E-state index contributed by atoms with van der Waals surface area (Å²) >= 11 is 2.47. The first-order valence-corrected chi connectivity index (χ1v) is 11.7. The summed E-state index contributed by atoms with van der Waals surface area (Å²) in [4.78, 5) is 25.0. The Morgan fingerprint density at radius 1 is 1.31 bits per heavy atom. The van der Waals surface area contributed by atoms with Crippen LogP contribution in [0.3, 0.4) is 0 Å². The maximum atomic E-state index is 12.5. The maximum Gasteiger partial charge on any atom is 0.348 e. The number of para-hydroxylation sites is 1. The van der Waals surface area contributed by atoms with Gasteiger partial charge in [0.05, 0.1) is 30.0 Å². The van der Waals surface area contributed by atoms with E-state index in [1.54, 1.807) is 26.2 Å². The van der Waals surface area contributed by atoms with Gasteiger partial charge in [0.2, 0.25) is 5.91 Å². The third kappa shape index (κ3) is 5.38. The Kier molecular flexibility index (Phi) is 8.07. The largest absolute Gasteiger partial charge is 0.496 e. The van der Waals surface area contributed by atoms with E-state index in [0.29, 0.717) is 39.8 Å². The minimum atomic E-state index is -0.383. The molecule has 0 aliphatic rings. The van der Waals surface area contributed by atoms with Crippen LogP contribution in [0.25, 0.3) is 11.4 Å². The number of thiophene rings is 1. The summed E-state index contributed by atoms with van der Waals surface area (Å²) in [6, 6.07) is 9.31. The average molecular weight is 473 g/mol. The highest BCUT2D eigenvalue weighted by Gasteiger charge is 2.19. The number of allylic oxidation sites excluding steroid dienone is 1. The number of hydrogen-bond donors (Lipinski definition) is 1. The first-order chi connectivity index (χ1) is 15.5. The van der Waals surface area contributed by atoms with Gasteiger partial charge in [-0.25, -0.2) is 4.79 Å². The highest BCUT2D eigenvalue weighted by Crippen LogP contribution is 2.31. The molecule has 0 aliphatic heterocycles. The Morgan fingerprint density at radius 2 is 2.09 bits per heavy atom. The van der Waals surface area contributed by atoms with E-state index in [1.807, 2.05) is 35.8 Å². The first kappa shape index (κ1) is 23.6. The van der Waals surface area contributed by atoms with E-state index in [0.717, 1.165) is 11.1 Å². The lowest BCUT2D eigenvalue weighted by atomic mass is 10.2. The smallest absolute Gasteiger partial charge is 0.348 e. The van der Waals surface area contributed by atoms with Gasteiger partial charge < -0.3 is 14.8 Å². The van der Waals surface area contributed by atoms with Gasteiger partial charge in [-0.2, -0.15) is 0 Å². The number of methoxy groups -OCH3 is 1. The van der Waals surface area contributed by atoms with Crippen LogP contribution < -0.4 is 10.1 Å². The second kappa shape index (κ2) is 11.0. The number of carbonyl (C=O) groups excluding carboxylic acids is 2. The number of ether oxygens (including phenoxy) is 2. The summed E-state index contributed by atoms with van der Waals surface area (Å²) in [6.07, 6.45) is 1.75. The summed E-state index contributed by atoms with van der Waals surface area (Å²) in [5.41, 5.74) is 1.57. The molecule has 168 valence electrons. The molecule has 1 N–H and O–H groups in total. The van der Waals surface area contributed by atoms with Gasteiger partial charge in [-0.15, -0.1) is 28.1 Å². The highest BCUT2D eigenvalue weighted by atomic mass is 32.2. The lowest BCUT2D eigenvalue weighted by molar-refractivity contribution is -0.113. The molecule has 0 bridgehead atoms. The predicted octanol–water partition coefficient (Wildman–Crippen LogP) is 4.42. The number of carbonyl (C=O) groups is 2. The quantitative estimate of drug-likeness (QED) is 0.265. The Morgan fingerprint density at radius 3 is 2.81 bits per heavy atom. The molecule has 0 saturated carbocycles. The van der Waals surface area contributed by atoms with Crippen molar-refractivity contribution in [1.29, 1.82) is 0 Å². The fourth-order valence-corrected chi connectivity index (χ4v) is 4.69. The molecule has 8 nitrogen and oxygen atoms in total. The molecular formula is C22H24N4O4S2. The lowest BCUT2D eigenvalue weighted by Crippen LogP contribution is -2.14. The molecule has 0 unspecified atom stereocenters. The zero-order valence-corrected chi connectivity index (χ0v) is 19.7. The molecule has 2 heterocycles. The number of esters is 1. The maximum absolute atomic E-state index is 12.5. The van der Waals surface area contributed by atoms with Crippen molar-refractivity contribution >= 4 is 40.0 Å². The molecular weight excluding hydrogens is 448 g/mol. The van der Waals surface area contributed by atoms with Crippen LogP contribution in [0.5, 0.6) is 5.75 Å². The van der Waals surface area contributed by atoms with Crippen molar-refractivity contribution in [2.45, 2.75) is 25.5 Å². The van der Waals surface area contributed by atoms with Crippen molar-refractivity contribution in [3.8, 4) is 17.1 Å². The Labute approximate surface area is 194 Å². The van der Waals surface area contributed by atoms with Crippen molar-refractivity contribution in [1.82, 2.24) is 14.8 Å². The Hall–Kier alpha value is -3.11. The van der Waals surface area contributed by atoms with Crippen molar-refractivity contribution in [3.63, 3.8) is 0 Å². The van der Waals surface area contributed by atoms with Gasteiger partial charge in [-0.1, -0.05) is 30.0 Å². The van der Waals surface area contributed by atoms with Crippen LogP contribution in [-0.2, 0) is 16.1 Å². The molecule has 32 heavy (non-hydrogen) atoms.